The van der Waals surface area contributed by atoms with E-state index in [4.69, 9.17) is 4.42 Å². The number of hydrogen-bond donors (Lipinski definition) is 1. The van der Waals surface area contributed by atoms with Gasteiger partial charge in [-0.3, -0.25) is 0 Å². The van der Waals surface area contributed by atoms with Gasteiger partial charge in [-0.05, 0) is 42.8 Å². The van der Waals surface area contributed by atoms with Gasteiger partial charge >= 0.3 is 6.03 Å². The first-order valence-electron chi connectivity index (χ1n) is 8.06. The van der Waals surface area contributed by atoms with Crippen LogP contribution in [0.2, 0.25) is 0 Å². The highest BCUT2D eigenvalue weighted by atomic mass is 16.3. The number of urea groups is 1. The van der Waals surface area contributed by atoms with Crippen molar-refractivity contribution in [2.24, 2.45) is 0 Å². The van der Waals surface area contributed by atoms with E-state index in [1.807, 2.05) is 35.2 Å². The van der Waals surface area contributed by atoms with Crippen molar-refractivity contribution in [3.8, 4) is 5.69 Å². The van der Waals surface area contributed by atoms with Crippen molar-refractivity contribution in [1.82, 2.24) is 14.8 Å². The van der Waals surface area contributed by atoms with Crippen molar-refractivity contribution in [2.45, 2.75) is 26.1 Å². The van der Waals surface area contributed by atoms with Crippen LogP contribution in [0.15, 0.2) is 65.4 Å². The number of aromatic nitrogens is 1. The van der Waals surface area contributed by atoms with Gasteiger partial charge in [0.1, 0.15) is 5.76 Å². The minimum Gasteiger partial charge on any atom is -0.467 e. The average Bonchev–Trinajstić information content (AvgIpc) is 3.27. The van der Waals surface area contributed by atoms with Gasteiger partial charge < -0.3 is 19.2 Å². The number of carbonyl (C=O) groups excluding carboxylic acids is 1. The molecule has 24 heavy (non-hydrogen) atoms. The van der Waals surface area contributed by atoms with Crippen LogP contribution < -0.4 is 5.32 Å². The van der Waals surface area contributed by atoms with E-state index < -0.39 is 0 Å². The van der Waals surface area contributed by atoms with Gasteiger partial charge in [0.05, 0.1) is 31.1 Å². The smallest absolute Gasteiger partial charge is 0.318 e. The quantitative estimate of drug-likeness (QED) is 0.779. The molecule has 1 aliphatic heterocycles. The lowest BCUT2D eigenvalue weighted by molar-refractivity contribution is 0.174. The van der Waals surface area contributed by atoms with E-state index >= 15 is 0 Å². The number of furan rings is 1. The third-order valence-corrected chi connectivity index (χ3v) is 4.52. The van der Waals surface area contributed by atoms with Gasteiger partial charge in [-0.1, -0.05) is 18.2 Å². The molecule has 3 heterocycles. The molecule has 122 valence electrons. The van der Waals surface area contributed by atoms with Gasteiger partial charge in [-0.25, -0.2) is 4.79 Å². The van der Waals surface area contributed by atoms with Crippen LogP contribution in [-0.4, -0.2) is 15.5 Å². The van der Waals surface area contributed by atoms with Crippen LogP contribution in [0.25, 0.3) is 5.69 Å². The Morgan fingerprint density at radius 1 is 1.21 bits per heavy atom. The van der Waals surface area contributed by atoms with Crippen LogP contribution >= 0.6 is 0 Å². The first-order valence-corrected chi connectivity index (χ1v) is 8.06. The average molecular weight is 321 g/mol. The van der Waals surface area contributed by atoms with Crippen LogP contribution in [0.3, 0.4) is 0 Å². The van der Waals surface area contributed by atoms with Crippen molar-refractivity contribution in [1.29, 1.82) is 0 Å². The lowest BCUT2D eigenvalue weighted by Gasteiger charge is -2.27. The van der Waals surface area contributed by atoms with Crippen LogP contribution in [0.5, 0.6) is 0 Å². The summed E-state index contributed by atoms with van der Waals surface area (Å²) in [7, 11) is 0. The van der Waals surface area contributed by atoms with Crippen molar-refractivity contribution in [3.05, 3.63) is 78.0 Å². The number of fused-ring (bicyclic) bond motifs is 3. The number of nitrogens with one attached hydrogen (secondary N) is 1. The molecular weight excluding hydrogens is 302 g/mol. The highest BCUT2D eigenvalue weighted by Crippen LogP contribution is 2.31. The normalized spacial score (nSPS) is 16.2. The summed E-state index contributed by atoms with van der Waals surface area (Å²) in [5.74, 6) is 0.745. The summed E-state index contributed by atoms with van der Waals surface area (Å²) in [5, 5.41) is 2.95. The molecule has 5 heteroatoms. The van der Waals surface area contributed by atoms with Crippen LogP contribution in [0.1, 0.15) is 30.0 Å². The van der Waals surface area contributed by atoms with E-state index in [0.717, 1.165) is 22.7 Å². The maximum absolute atomic E-state index is 12.8. The highest BCUT2D eigenvalue weighted by Gasteiger charge is 2.28. The molecule has 2 amide bonds. The van der Waals surface area contributed by atoms with Crippen molar-refractivity contribution < 1.29 is 9.21 Å². The fraction of sp³-hybridized carbons (Fsp3) is 0.211. The van der Waals surface area contributed by atoms with Crippen molar-refractivity contribution >= 4 is 6.03 Å². The SMILES string of the molecule is CC1c2cccn2-c2ccccc2CN1C(=O)NCc1ccco1. The van der Waals surface area contributed by atoms with Crippen LogP contribution in [0, 0.1) is 0 Å². The summed E-state index contributed by atoms with van der Waals surface area (Å²) >= 11 is 0. The Morgan fingerprint density at radius 2 is 2.08 bits per heavy atom. The predicted octanol–water partition coefficient (Wildman–Crippen LogP) is 3.86. The van der Waals surface area contributed by atoms with Crippen molar-refractivity contribution in [2.75, 3.05) is 0 Å². The zero-order valence-electron chi connectivity index (χ0n) is 13.5. The van der Waals surface area contributed by atoms with Gasteiger partial charge in [0.25, 0.3) is 0 Å². The summed E-state index contributed by atoms with van der Waals surface area (Å²) in [5.41, 5.74) is 3.37. The number of rotatable bonds is 2. The van der Waals surface area contributed by atoms with Crippen molar-refractivity contribution in [3.63, 3.8) is 0 Å². The number of amides is 2. The molecule has 4 rings (SSSR count). The number of hydrogen-bond acceptors (Lipinski definition) is 2. The van der Waals surface area contributed by atoms with Crippen LogP contribution in [0.4, 0.5) is 4.79 Å². The Hall–Kier alpha value is -2.95. The summed E-state index contributed by atoms with van der Waals surface area (Å²) in [4.78, 5) is 14.6. The third kappa shape index (κ3) is 2.48. The molecule has 0 saturated carbocycles. The Kier molecular flexibility index (Phi) is 3.61. The van der Waals surface area contributed by atoms with Gasteiger partial charge in [0.15, 0.2) is 0 Å². The molecule has 0 saturated heterocycles. The second-order valence-electron chi connectivity index (χ2n) is 5.97. The number of carbonyl (C=O) groups is 1. The topological polar surface area (TPSA) is 50.4 Å². The molecule has 2 aromatic heterocycles. The van der Waals surface area contributed by atoms with Gasteiger partial charge in [-0.15, -0.1) is 0 Å². The predicted molar refractivity (Wildman–Crippen MR) is 90.7 cm³/mol. The molecule has 1 aliphatic rings. The molecule has 1 aromatic carbocycles. The van der Waals surface area contributed by atoms with Crippen LogP contribution in [-0.2, 0) is 13.1 Å². The molecule has 0 radical (unpaired) electrons. The van der Waals surface area contributed by atoms with Gasteiger partial charge in [0, 0.05) is 11.9 Å². The first kappa shape index (κ1) is 14.6. The molecule has 1 atom stereocenters. The molecule has 0 bridgehead atoms. The van der Waals surface area contributed by atoms with E-state index in [9.17, 15) is 4.79 Å². The fourth-order valence-corrected chi connectivity index (χ4v) is 3.24. The first-order chi connectivity index (χ1) is 11.7. The van der Waals surface area contributed by atoms with E-state index in [1.54, 1.807) is 6.26 Å². The molecule has 0 aliphatic carbocycles. The molecule has 0 fully saturated rings. The van der Waals surface area contributed by atoms with E-state index in [1.165, 1.54) is 0 Å². The fourth-order valence-electron chi connectivity index (χ4n) is 3.24. The number of benzene rings is 1. The molecule has 1 unspecified atom stereocenters. The Balaban J connectivity index is 1.63. The zero-order chi connectivity index (χ0) is 16.5. The molecule has 3 aromatic rings. The highest BCUT2D eigenvalue weighted by molar-refractivity contribution is 5.75. The monoisotopic (exact) mass is 321 g/mol. The van der Waals surface area contributed by atoms with E-state index in [2.05, 4.69) is 41.2 Å². The largest absolute Gasteiger partial charge is 0.467 e. The van der Waals surface area contributed by atoms with E-state index in [-0.39, 0.29) is 12.1 Å². The molecular formula is C19H19N3O2. The minimum absolute atomic E-state index is 0.0241. The lowest BCUT2D eigenvalue weighted by atomic mass is 10.1. The lowest BCUT2D eigenvalue weighted by Crippen LogP contribution is -2.40. The van der Waals surface area contributed by atoms with Gasteiger partial charge in [-0.2, -0.15) is 0 Å². The minimum atomic E-state index is -0.0941. The number of nitrogens with zero attached hydrogens (tertiary/aromatic N) is 2. The zero-order valence-corrected chi connectivity index (χ0v) is 13.5. The summed E-state index contributed by atoms with van der Waals surface area (Å²) < 4.78 is 7.45. The van der Waals surface area contributed by atoms with E-state index in [0.29, 0.717) is 13.1 Å². The number of para-hydroxylation sites is 1. The Labute approximate surface area is 140 Å². The summed E-state index contributed by atoms with van der Waals surface area (Å²) in [6, 6.07) is 15.8. The second-order valence-corrected chi connectivity index (χ2v) is 5.97. The Morgan fingerprint density at radius 3 is 2.92 bits per heavy atom. The maximum atomic E-state index is 12.8. The molecule has 1 N–H and O–H groups in total. The standard InChI is InChI=1S/C19H19N3O2/c1-14-17-9-4-10-21(17)18-8-3-2-6-15(18)13-22(14)19(23)20-12-16-7-5-11-24-16/h2-11,14H,12-13H2,1H3,(H,20,23). The summed E-state index contributed by atoms with van der Waals surface area (Å²) in [6.45, 7) is 3.02. The third-order valence-electron chi connectivity index (χ3n) is 4.52. The molecule has 0 spiro atoms. The summed E-state index contributed by atoms with van der Waals surface area (Å²) in [6.07, 6.45) is 3.66. The van der Waals surface area contributed by atoms with Gasteiger partial charge in [0.2, 0.25) is 0 Å². The molecule has 5 nitrogen and oxygen atoms in total. The maximum Gasteiger partial charge on any atom is 0.318 e. The second kappa shape index (κ2) is 5.92. The Bertz CT molecular complexity index is 851.